The summed E-state index contributed by atoms with van der Waals surface area (Å²) in [6, 6.07) is 0. The highest BCUT2D eigenvalue weighted by Crippen LogP contribution is 1.96. The van der Waals surface area contributed by atoms with E-state index < -0.39 is 9.76 Å². The van der Waals surface area contributed by atoms with E-state index in [1.54, 1.807) is 7.05 Å². The third kappa shape index (κ3) is 5.14. The second-order valence-corrected chi connectivity index (χ2v) is 4.00. The number of carbonyl (C=O) groups is 1. The smallest absolute Gasteiger partial charge is 0.406 e. The molecule has 12 heavy (non-hydrogen) atoms. The first-order chi connectivity index (χ1) is 5.74. The Morgan fingerprint density at radius 3 is 2.67 bits per heavy atom. The van der Waals surface area contributed by atoms with Gasteiger partial charge in [-0.3, -0.25) is 0 Å². The summed E-state index contributed by atoms with van der Waals surface area (Å²) < 4.78 is 10.3. The first-order valence-corrected chi connectivity index (χ1v) is 5.60. The normalized spacial score (nSPS) is 13.2. The van der Waals surface area contributed by atoms with Crippen molar-refractivity contribution in [2.45, 2.75) is 26.0 Å². The van der Waals surface area contributed by atoms with Crippen molar-refractivity contribution in [1.82, 2.24) is 5.32 Å². The molecule has 0 rings (SSSR count). The monoisotopic (exact) mass is 191 g/mol. The van der Waals surface area contributed by atoms with Crippen molar-refractivity contribution in [3.8, 4) is 0 Å². The van der Waals surface area contributed by atoms with Crippen molar-refractivity contribution in [2.24, 2.45) is 0 Å². The van der Waals surface area contributed by atoms with Gasteiger partial charge in [0.1, 0.15) is 5.73 Å². The van der Waals surface area contributed by atoms with Gasteiger partial charge in [-0.05, 0) is 13.3 Å². The largest absolute Gasteiger partial charge is 0.448 e. The molecule has 0 aromatic carbocycles. The zero-order chi connectivity index (χ0) is 9.40. The van der Waals surface area contributed by atoms with Crippen molar-refractivity contribution in [2.75, 3.05) is 13.7 Å². The minimum Gasteiger partial charge on any atom is -0.448 e. The molecule has 1 N–H and O–H groups in total. The van der Waals surface area contributed by atoms with Gasteiger partial charge in [-0.25, -0.2) is 4.79 Å². The molecule has 1 atom stereocenters. The lowest BCUT2D eigenvalue weighted by Crippen LogP contribution is -2.30. The number of hydrogen-bond acceptors (Lipinski definition) is 3. The average Bonchev–Trinajstić information content (AvgIpc) is 2.11. The van der Waals surface area contributed by atoms with E-state index in [4.69, 9.17) is 9.16 Å². The van der Waals surface area contributed by atoms with E-state index in [2.05, 4.69) is 5.32 Å². The molecule has 0 fully saturated rings. The zero-order valence-electron chi connectivity index (χ0n) is 7.92. The Bertz CT molecular complexity index is 132. The van der Waals surface area contributed by atoms with Crippen molar-refractivity contribution in [1.29, 1.82) is 0 Å². The summed E-state index contributed by atoms with van der Waals surface area (Å²) in [5.74, 6) is 0. The SMILES string of the molecule is CCO[SiH2]C(CC)OC(=O)NC. The first-order valence-electron chi connectivity index (χ1n) is 4.20. The molecule has 0 saturated carbocycles. The third-order valence-corrected chi connectivity index (χ3v) is 3.20. The Kier molecular flexibility index (Phi) is 6.79. The van der Waals surface area contributed by atoms with Gasteiger partial charge in [-0.15, -0.1) is 0 Å². The second kappa shape index (κ2) is 7.12. The van der Waals surface area contributed by atoms with Crippen LogP contribution in [0.2, 0.25) is 0 Å². The molecule has 1 amide bonds. The first kappa shape index (κ1) is 11.4. The number of nitrogens with one attached hydrogen (secondary N) is 1. The molecule has 0 aliphatic rings. The van der Waals surface area contributed by atoms with Crippen LogP contribution in [0.15, 0.2) is 0 Å². The quantitative estimate of drug-likeness (QED) is 0.631. The summed E-state index contributed by atoms with van der Waals surface area (Å²) in [5, 5.41) is 2.41. The summed E-state index contributed by atoms with van der Waals surface area (Å²) in [5.41, 5.74) is 0.00454. The predicted octanol–water partition coefficient (Wildman–Crippen LogP) is 0.199. The molecule has 0 aromatic rings. The number of rotatable bonds is 5. The fraction of sp³-hybridized carbons (Fsp3) is 0.857. The Labute approximate surface area is 75.6 Å². The molecular formula is C7H17NO3Si. The molecule has 0 aliphatic carbocycles. The van der Waals surface area contributed by atoms with Crippen molar-refractivity contribution in [3.05, 3.63) is 0 Å². The van der Waals surface area contributed by atoms with Gasteiger partial charge in [0.25, 0.3) is 0 Å². The van der Waals surface area contributed by atoms with Crippen LogP contribution in [-0.2, 0) is 9.16 Å². The molecule has 0 aliphatic heterocycles. The second-order valence-electron chi connectivity index (χ2n) is 2.35. The van der Waals surface area contributed by atoms with Crippen LogP contribution in [0.4, 0.5) is 4.79 Å². The number of carbonyl (C=O) groups excluding carboxylic acids is 1. The van der Waals surface area contributed by atoms with Crippen LogP contribution in [0.25, 0.3) is 0 Å². The van der Waals surface area contributed by atoms with E-state index in [9.17, 15) is 4.79 Å². The molecule has 4 nitrogen and oxygen atoms in total. The maximum atomic E-state index is 10.8. The summed E-state index contributed by atoms with van der Waals surface area (Å²) >= 11 is 0. The summed E-state index contributed by atoms with van der Waals surface area (Å²) in [4.78, 5) is 10.8. The Morgan fingerprint density at radius 2 is 2.25 bits per heavy atom. The molecule has 72 valence electrons. The summed E-state index contributed by atoms with van der Waals surface area (Å²) in [7, 11) is 0.843. The van der Waals surface area contributed by atoms with E-state index in [0.29, 0.717) is 6.61 Å². The predicted molar refractivity (Wildman–Crippen MR) is 49.8 cm³/mol. The van der Waals surface area contributed by atoms with Crippen LogP contribution < -0.4 is 5.32 Å². The van der Waals surface area contributed by atoms with Crippen LogP contribution in [0, 0.1) is 0 Å². The van der Waals surface area contributed by atoms with Crippen molar-refractivity contribution in [3.63, 3.8) is 0 Å². The van der Waals surface area contributed by atoms with Gasteiger partial charge >= 0.3 is 6.09 Å². The van der Waals surface area contributed by atoms with Crippen LogP contribution in [0.3, 0.4) is 0 Å². The molecule has 1 unspecified atom stereocenters. The summed E-state index contributed by atoms with van der Waals surface area (Å²) in [6.45, 7) is 4.64. The molecule has 0 saturated heterocycles. The zero-order valence-corrected chi connectivity index (χ0v) is 9.34. The van der Waals surface area contributed by atoms with Gasteiger partial charge < -0.3 is 14.5 Å². The van der Waals surface area contributed by atoms with Crippen LogP contribution in [-0.4, -0.2) is 35.2 Å². The van der Waals surface area contributed by atoms with E-state index in [-0.39, 0.29) is 11.8 Å². The van der Waals surface area contributed by atoms with E-state index >= 15 is 0 Å². The van der Waals surface area contributed by atoms with E-state index in [1.165, 1.54) is 0 Å². The molecule has 0 bridgehead atoms. The third-order valence-electron chi connectivity index (χ3n) is 1.44. The summed E-state index contributed by atoms with van der Waals surface area (Å²) in [6.07, 6.45) is 0.466. The van der Waals surface area contributed by atoms with Gasteiger partial charge in [0.05, 0.1) is 0 Å². The topological polar surface area (TPSA) is 47.6 Å². The van der Waals surface area contributed by atoms with Crippen LogP contribution >= 0.6 is 0 Å². The highest BCUT2D eigenvalue weighted by molar-refractivity contribution is 6.29. The number of amides is 1. The van der Waals surface area contributed by atoms with Crippen LogP contribution in [0.5, 0.6) is 0 Å². The van der Waals surface area contributed by atoms with E-state index in [1.807, 2.05) is 13.8 Å². The molecule has 0 spiro atoms. The Balaban J connectivity index is 3.59. The average molecular weight is 191 g/mol. The van der Waals surface area contributed by atoms with Crippen molar-refractivity contribution >= 4 is 15.9 Å². The van der Waals surface area contributed by atoms with Gasteiger partial charge in [0, 0.05) is 13.7 Å². The molecule has 0 radical (unpaired) electrons. The molecule has 0 aromatic heterocycles. The molecule has 5 heteroatoms. The fourth-order valence-corrected chi connectivity index (χ4v) is 1.65. The highest BCUT2D eigenvalue weighted by Gasteiger charge is 2.11. The Hall–Kier alpha value is -0.553. The van der Waals surface area contributed by atoms with Gasteiger partial charge in [-0.1, -0.05) is 6.92 Å². The van der Waals surface area contributed by atoms with Gasteiger partial charge in [0.15, 0.2) is 0 Å². The number of ether oxygens (including phenoxy) is 1. The Morgan fingerprint density at radius 1 is 1.58 bits per heavy atom. The standard InChI is InChI=1S/C7H17NO3Si/c1-4-6(12-10-5-2)11-7(9)8-3/h6H,4-5,12H2,1-3H3,(H,8,9). The molecule has 0 heterocycles. The number of hydrogen-bond donors (Lipinski definition) is 1. The van der Waals surface area contributed by atoms with Crippen molar-refractivity contribution < 1.29 is 14.0 Å². The lowest BCUT2D eigenvalue weighted by Gasteiger charge is -2.14. The maximum absolute atomic E-state index is 10.8. The van der Waals surface area contributed by atoms with Gasteiger partial charge in [0.2, 0.25) is 9.76 Å². The van der Waals surface area contributed by atoms with Gasteiger partial charge in [-0.2, -0.15) is 0 Å². The highest BCUT2D eigenvalue weighted by atomic mass is 28.2. The fourth-order valence-electron chi connectivity index (χ4n) is 0.695. The van der Waals surface area contributed by atoms with E-state index in [0.717, 1.165) is 6.42 Å². The number of alkyl carbamates (subject to hydrolysis) is 1. The van der Waals surface area contributed by atoms with Crippen LogP contribution in [0.1, 0.15) is 20.3 Å². The minimum absolute atomic E-state index is 0.00454. The lowest BCUT2D eigenvalue weighted by atomic mass is 10.5. The lowest BCUT2D eigenvalue weighted by molar-refractivity contribution is 0.123. The maximum Gasteiger partial charge on any atom is 0.406 e. The minimum atomic E-state index is -0.710. The molecular weight excluding hydrogens is 174 g/mol.